The van der Waals surface area contributed by atoms with Crippen LogP contribution in [0.1, 0.15) is 0 Å². The fraction of sp³-hybridized carbons (Fsp3) is 0. The summed E-state index contributed by atoms with van der Waals surface area (Å²) in [5.74, 6) is 0. The van der Waals surface area contributed by atoms with Crippen LogP contribution in [0.3, 0.4) is 0 Å². The maximum Gasteiger partial charge on any atom is 0.0964 e. The summed E-state index contributed by atoms with van der Waals surface area (Å²) in [5.41, 5.74) is 1.95. The molecule has 1 radical (unpaired) electrons. The van der Waals surface area contributed by atoms with E-state index in [0.29, 0.717) is 0 Å². The number of nitrogens with zero attached hydrogens (tertiary/aromatic N) is 2. The van der Waals surface area contributed by atoms with Gasteiger partial charge in [0.25, 0.3) is 0 Å². The van der Waals surface area contributed by atoms with Gasteiger partial charge in [-0.05, 0) is 12.1 Å². The van der Waals surface area contributed by atoms with E-state index in [9.17, 15) is 0 Å². The normalized spacial score (nSPS) is 10.1. The van der Waals surface area contributed by atoms with Crippen LogP contribution in [0.2, 0.25) is 0 Å². The molecule has 1 aromatic carbocycles. The van der Waals surface area contributed by atoms with Crippen molar-refractivity contribution in [1.29, 1.82) is 0 Å². The minimum Gasteiger partial charge on any atom is -0.254 e. The Kier molecular flexibility index (Phi) is 2.82. The van der Waals surface area contributed by atoms with Crippen LogP contribution in [0.15, 0.2) is 48.8 Å². The van der Waals surface area contributed by atoms with Gasteiger partial charge in [0.1, 0.15) is 0 Å². The third-order valence-electron chi connectivity index (χ3n) is 2.34. The molecule has 2 aromatic heterocycles. The van der Waals surface area contributed by atoms with Crippen LogP contribution in [-0.4, -0.2) is 9.97 Å². The van der Waals surface area contributed by atoms with Crippen LogP contribution in [0.5, 0.6) is 0 Å². The van der Waals surface area contributed by atoms with E-state index in [1.165, 1.54) is 0 Å². The summed E-state index contributed by atoms with van der Waals surface area (Å²) in [5, 5.41) is 2.28. The van der Waals surface area contributed by atoms with Gasteiger partial charge in [-0.15, -0.1) is 0 Å². The largest absolute Gasteiger partial charge is 0.254 e. The van der Waals surface area contributed by atoms with Crippen LogP contribution < -0.4 is 0 Å². The van der Waals surface area contributed by atoms with E-state index in [2.05, 4.69) is 34.2 Å². The summed E-state index contributed by atoms with van der Waals surface area (Å²) in [6.07, 6.45) is 3.60. The van der Waals surface area contributed by atoms with Gasteiger partial charge in [0.05, 0.1) is 11.0 Å². The van der Waals surface area contributed by atoms with Gasteiger partial charge < -0.3 is 0 Å². The van der Waals surface area contributed by atoms with E-state index in [1.54, 1.807) is 12.4 Å². The second-order valence-electron chi connectivity index (χ2n) is 3.22. The summed E-state index contributed by atoms with van der Waals surface area (Å²) < 4.78 is 0. The first kappa shape index (κ1) is 10.3. The van der Waals surface area contributed by atoms with Crippen LogP contribution in [0, 0.1) is 0 Å². The van der Waals surface area contributed by atoms with Crippen molar-refractivity contribution in [3.63, 3.8) is 0 Å². The Labute approximate surface area is 103 Å². The Morgan fingerprint density at radius 3 is 1.60 bits per heavy atom. The molecule has 0 aliphatic rings. The van der Waals surface area contributed by atoms with E-state index in [4.69, 9.17) is 0 Å². The summed E-state index contributed by atoms with van der Waals surface area (Å²) in [6, 6.07) is 12.1. The average Bonchev–Trinajstić information content (AvgIpc) is 2.29. The van der Waals surface area contributed by atoms with Gasteiger partial charge >= 0.3 is 0 Å². The van der Waals surface area contributed by atoms with Crippen molar-refractivity contribution in [2.75, 3.05) is 0 Å². The molecular weight excluding hydrogens is 369 g/mol. The molecule has 2 heterocycles. The van der Waals surface area contributed by atoms with Gasteiger partial charge in [0.2, 0.25) is 0 Å². The van der Waals surface area contributed by atoms with Crippen LogP contribution in [0.25, 0.3) is 21.8 Å². The van der Waals surface area contributed by atoms with Crippen LogP contribution >= 0.6 is 0 Å². The monoisotopic (exact) mass is 377 g/mol. The molecule has 0 amide bonds. The summed E-state index contributed by atoms with van der Waals surface area (Å²) in [6.45, 7) is 0. The second kappa shape index (κ2) is 4.11. The molecule has 0 unspecified atom stereocenters. The summed E-state index contributed by atoms with van der Waals surface area (Å²) in [4.78, 5) is 8.69. The number of hydrogen-bond acceptors (Lipinski definition) is 2. The molecule has 15 heavy (non-hydrogen) atoms. The van der Waals surface area contributed by atoms with Gasteiger partial charge in [0, 0.05) is 45.5 Å². The molecule has 0 saturated carbocycles. The van der Waals surface area contributed by atoms with E-state index in [0.717, 1.165) is 21.8 Å². The first-order valence-electron chi connectivity index (χ1n) is 4.53. The van der Waals surface area contributed by atoms with Gasteiger partial charge in [0.15, 0.2) is 0 Å². The van der Waals surface area contributed by atoms with E-state index in [-0.39, 0.29) is 22.4 Å². The van der Waals surface area contributed by atoms with E-state index < -0.39 is 0 Å². The van der Waals surface area contributed by atoms with Gasteiger partial charge in [-0.25, -0.2) is 0 Å². The molecule has 77 valence electrons. The topological polar surface area (TPSA) is 25.8 Å². The van der Waals surface area contributed by atoms with Gasteiger partial charge in [-0.3, -0.25) is 9.97 Å². The Balaban J connectivity index is 0.000000853. The van der Waals surface area contributed by atoms with Crippen molar-refractivity contribution >= 4 is 21.8 Å². The molecule has 0 fully saturated rings. The number of benzene rings is 1. The molecule has 3 aromatic rings. The van der Waals surface area contributed by atoms with Crippen molar-refractivity contribution in [2.45, 2.75) is 0 Å². The van der Waals surface area contributed by atoms with Crippen molar-refractivity contribution in [2.24, 2.45) is 0 Å². The SMILES string of the molecule is [Au].c1cnc2c(c1)ccc1cccnc12. The van der Waals surface area contributed by atoms with Crippen molar-refractivity contribution in [3.05, 3.63) is 48.8 Å². The number of hydrogen-bond donors (Lipinski definition) is 0. The van der Waals surface area contributed by atoms with E-state index >= 15 is 0 Å². The molecular formula is C12H8AuN2. The van der Waals surface area contributed by atoms with E-state index in [1.807, 2.05) is 12.1 Å². The zero-order chi connectivity index (χ0) is 9.38. The van der Waals surface area contributed by atoms with Crippen molar-refractivity contribution in [3.8, 4) is 0 Å². The zero-order valence-corrected chi connectivity index (χ0v) is 9.98. The minimum atomic E-state index is 0. The van der Waals surface area contributed by atoms with Crippen LogP contribution in [0.4, 0.5) is 0 Å². The second-order valence-corrected chi connectivity index (χ2v) is 3.22. The smallest absolute Gasteiger partial charge is 0.0964 e. The third-order valence-corrected chi connectivity index (χ3v) is 2.34. The van der Waals surface area contributed by atoms with Crippen molar-refractivity contribution in [1.82, 2.24) is 9.97 Å². The molecule has 0 atom stereocenters. The number of fused-ring (bicyclic) bond motifs is 3. The van der Waals surface area contributed by atoms with Gasteiger partial charge in [-0.2, -0.15) is 0 Å². The molecule has 0 bridgehead atoms. The third kappa shape index (κ3) is 1.67. The predicted molar refractivity (Wildman–Crippen MR) is 57.0 cm³/mol. The molecule has 0 N–H and O–H groups in total. The van der Waals surface area contributed by atoms with Crippen LogP contribution in [-0.2, 0) is 22.4 Å². The quantitative estimate of drug-likeness (QED) is 0.445. The number of pyridine rings is 2. The predicted octanol–water partition coefficient (Wildman–Crippen LogP) is 2.78. The maximum atomic E-state index is 4.35. The zero-order valence-electron chi connectivity index (χ0n) is 7.81. The Morgan fingerprint density at radius 2 is 1.13 bits per heavy atom. The summed E-state index contributed by atoms with van der Waals surface area (Å²) in [7, 11) is 0. The Bertz CT molecular complexity index is 553. The molecule has 3 rings (SSSR count). The summed E-state index contributed by atoms with van der Waals surface area (Å²) >= 11 is 0. The Hall–Kier alpha value is -1.22. The standard InChI is InChI=1S/C12H8N2.Au/c1-3-9-5-6-10-4-2-8-14-12(10)11(9)13-7-1;/h1-8H;. The number of rotatable bonds is 0. The van der Waals surface area contributed by atoms with Crippen molar-refractivity contribution < 1.29 is 22.4 Å². The molecule has 2 nitrogen and oxygen atoms in total. The first-order valence-corrected chi connectivity index (χ1v) is 4.53. The molecule has 3 heteroatoms. The maximum absolute atomic E-state index is 4.35. The fourth-order valence-corrected chi connectivity index (χ4v) is 1.68. The average molecular weight is 377 g/mol. The Morgan fingerprint density at radius 1 is 0.667 bits per heavy atom. The fourth-order valence-electron chi connectivity index (χ4n) is 1.68. The molecule has 0 aliphatic carbocycles. The first-order chi connectivity index (χ1) is 6.95. The molecule has 0 aliphatic heterocycles. The molecule has 0 spiro atoms. The number of aromatic nitrogens is 2. The molecule has 0 saturated heterocycles. The van der Waals surface area contributed by atoms with Gasteiger partial charge in [-0.1, -0.05) is 24.3 Å². The minimum absolute atomic E-state index is 0.